The average Bonchev–Trinajstić information content (AvgIpc) is 2.28. The summed E-state index contributed by atoms with van der Waals surface area (Å²) in [6.07, 6.45) is 2.29. The number of hydrogen-bond donors (Lipinski definition) is 2. The number of aliphatic imine (C=N–C) groups is 1. The van der Waals surface area contributed by atoms with Gasteiger partial charge in [0.2, 0.25) is 12.3 Å². The summed E-state index contributed by atoms with van der Waals surface area (Å²) in [4.78, 5) is 24.5. The second-order valence-electron chi connectivity index (χ2n) is 3.16. The summed E-state index contributed by atoms with van der Waals surface area (Å²) in [5.41, 5.74) is 10.9. The van der Waals surface area contributed by atoms with E-state index in [0.717, 1.165) is 12.8 Å². The Morgan fingerprint density at radius 1 is 1.50 bits per heavy atom. The van der Waals surface area contributed by atoms with Crippen LogP contribution in [-0.2, 0) is 14.3 Å². The maximum absolute atomic E-state index is 11.4. The first kappa shape index (κ1) is 15.1. The minimum absolute atomic E-state index is 0.101. The fourth-order valence-corrected chi connectivity index (χ4v) is 1.13. The second-order valence-corrected chi connectivity index (χ2v) is 3.47. The van der Waals surface area contributed by atoms with Crippen LogP contribution in [0.2, 0.25) is 0 Å². The predicted molar refractivity (Wildman–Crippen MR) is 59.6 cm³/mol. The van der Waals surface area contributed by atoms with Crippen molar-refractivity contribution in [3.8, 4) is 0 Å². The lowest BCUT2D eigenvalue weighted by molar-refractivity contribution is -0.149. The Hall–Kier alpha value is -0.940. The van der Waals surface area contributed by atoms with E-state index in [1.807, 2.05) is 0 Å². The third kappa shape index (κ3) is 6.53. The highest BCUT2D eigenvalue weighted by Crippen LogP contribution is 2.04. The summed E-state index contributed by atoms with van der Waals surface area (Å²) in [6, 6.07) is -0.737. The summed E-state index contributed by atoms with van der Waals surface area (Å²) in [5, 5.41) is 0. The summed E-state index contributed by atoms with van der Waals surface area (Å²) >= 11 is 5.41. The van der Waals surface area contributed by atoms with Crippen molar-refractivity contribution < 1.29 is 14.3 Å². The summed E-state index contributed by atoms with van der Waals surface area (Å²) in [5.74, 6) is -0.724. The van der Waals surface area contributed by atoms with Gasteiger partial charge in [-0.2, -0.15) is 4.99 Å². The Bertz CT molecular complexity index is 256. The van der Waals surface area contributed by atoms with Gasteiger partial charge < -0.3 is 16.2 Å². The largest absolute Gasteiger partial charge is 0.436 e. The molecule has 0 aromatic heterocycles. The minimum Gasteiger partial charge on any atom is -0.436 e. The highest BCUT2D eigenvalue weighted by atomic mass is 35.5. The van der Waals surface area contributed by atoms with Gasteiger partial charge in [-0.3, -0.25) is 4.79 Å². The van der Waals surface area contributed by atoms with Crippen molar-refractivity contribution in [1.82, 2.24) is 0 Å². The van der Waals surface area contributed by atoms with E-state index in [9.17, 15) is 9.59 Å². The van der Waals surface area contributed by atoms with Gasteiger partial charge in [0.05, 0.1) is 5.88 Å². The lowest BCUT2D eigenvalue weighted by atomic mass is 10.1. The molecule has 0 aliphatic rings. The van der Waals surface area contributed by atoms with Crippen LogP contribution >= 0.6 is 11.6 Å². The predicted octanol–water partition coefficient (Wildman–Crippen LogP) is -0.113. The van der Waals surface area contributed by atoms with Crippen LogP contribution in [0, 0.1) is 0 Å². The monoisotopic (exact) mass is 249 g/mol. The lowest BCUT2D eigenvalue weighted by Gasteiger charge is -2.13. The molecular formula is C9H16ClN3O3. The number of nitrogens with zero attached hydrogens (tertiary/aromatic N) is 1. The van der Waals surface area contributed by atoms with E-state index >= 15 is 0 Å². The first-order valence-electron chi connectivity index (χ1n) is 4.94. The molecule has 2 atom stereocenters. The Labute approximate surface area is 99.0 Å². The number of hydrogen-bond acceptors (Lipinski definition) is 6. The number of esters is 1. The molecular weight excluding hydrogens is 234 g/mol. The quantitative estimate of drug-likeness (QED) is 0.205. The van der Waals surface area contributed by atoms with Crippen LogP contribution in [-0.4, -0.2) is 36.7 Å². The molecule has 0 bridgehead atoms. The van der Waals surface area contributed by atoms with Crippen molar-refractivity contribution in [3.63, 3.8) is 0 Å². The second kappa shape index (κ2) is 9.30. The molecule has 0 aromatic rings. The van der Waals surface area contributed by atoms with E-state index in [1.54, 1.807) is 0 Å². The standard InChI is InChI=1S/C9H16ClN3O3/c10-5-8(13-6-14)16-9(15)7(12)3-1-2-4-11/h7-8H,1-5,11-12H2. The molecule has 6 nitrogen and oxygen atoms in total. The van der Waals surface area contributed by atoms with E-state index in [0.29, 0.717) is 13.0 Å². The lowest BCUT2D eigenvalue weighted by Crippen LogP contribution is -2.35. The maximum Gasteiger partial charge on any atom is 0.324 e. The Morgan fingerprint density at radius 2 is 2.19 bits per heavy atom. The molecule has 0 aliphatic carbocycles. The first-order valence-corrected chi connectivity index (χ1v) is 5.48. The number of rotatable bonds is 8. The number of carbonyl (C=O) groups is 1. The summed E-state index contributed by atoms with van der Waals surface area (Å²) in [6.45, 7) is 0.557. The molecule has 0 saturated heterocycles. The van der Waals surface area contributed by atoms with E-state index in [2.05, 4.69) is 4.99 Å². The molecule has 0 amide bonds. The van der Waals surface area contributed by atoms with Gasteiger partial charge in [-0.15, -0.1) is 11.6 Å². The van der Waals surface area contributed by atoms with Crippen LogP contribution in [0.5, 0.6) is 0 Å². The van der Waals surface area contributed by atoms with Crippen molar-refractivity contribution in [2.24, 2.45) is 16.5 Å². The number of carbonyl (C=O) groups excluding carboxylic acids is 2. The minimum atomic E-state index is -1.01. The topological polar surface area (TPSA) is 108 Å². The van der Waals surface area contributed by atoms with Gasteiger partial charge >= 0.3 is 5.97 Å². The van der Waals surface area contributed by atoms with Gasteiger partial charge in [-0.1, -0.05) is 6.42 Å². The van der Waals surface area contributed by atoms with E-state index in [1.165, 1.54) is 6.08 Å². The van der Waals surface area contributed by atoms with Crippen molar-refractivity contribution in [1.29, 1.82) is 0 Å². The molecule has 0 radical (unpaired) electrons. The van der Waals surface area contributed by atoms with Gasteiger partial charge in [-0.25, -0.2) is 4.79 Å². The average molecular weight is 250 g/mol. The molecule has 2 unspecified atom stereocenters. The normalized spacial score (nSPS) is 13.7. The highest BCUT2D eigenvalue weighted by molar-refractivity contribution is 6.18. The molecule has 0 fully saturated rings. The van der Waals surface area contributed by atoms with Gasteiger partial charge in [0.1, 0.15) is 6.04 Å². The molecule has 92 valence electrons. The zero-order chi connectivity index (χ0) is 12.4. The van der Waals surface area contributed by atoms with Crippen molar-refractivity contribution in [2.75, 3.05) is 12.4 Å². The van der Waals surface area contributed by atoms with Crippen LogP contribution in [0.1, 0.15) is 19.3 Å². The molecule has 0 rings (SSSR count). The van der Waals surface area contributed by atoms with Crippen LogP contribution in [0.4, 0.5) is 0 Å². The summed E-state index contributed by atoms with van der Waals surface area (Å²) < 4.78 is 4.78. The molecule has 4 N–H and O–H groups in total. The number of unbranched alkanes of at least 4 members (excludes halogenated alkanes) is 1. The zero-order valence-corrected chi connectivity index (χ0v) is 9.65. The number of alkyl halides is 1. The molecule has 0 saturated carbocycles. The molecule has 0 heterocycles. The molecule has 0 aromatic carbocycles. The Kier molecular flexibility index (Phi) is 8.75. The molecule has 7 heteroatoms. The first-order chi connectivity index (χ1) is 7.65. The highest BCUT2D eigenvalue weighted by Gasteiger charge is 2.18. The van der Waals surface area contributed by atoms with Crippen molar-refractivity contribution in [3.05, 3.63) is 0 Å². The SMILES string of the molecule is NCCCCC(N)C(=O)OC(CCl)N=C=O. The summed E-state index contributed by atoms with van der Waals surface area (Å²) in [7, 11) is 0. The Balaban J connectivity index is 3.97. The molecule has 0 spiro atoms. The number of nitrogens with two attached hydrogens (primary N) is 2. The van der Waals surface area contributed by atoms with Gasteiger partial charge in [0, 0.05) is 0 Å². The van der Waals surface area contributed by atoms with Crippen LogP contribution in [0.25, 0.3) is 0 Å². The fourth-order valence-electron chi connectivity index (χ4n) is 0.999. The smallest absolute Gasteiger partial charge is 0.324 e. The van der Waals surface area contributed by atoms with E-state index in [4.69, 9.17) is 27.8 Å². The van der Waals surface area contributed by atoms with Crippen LogP contribution in [0.3, 0.4) is 0 Å². The van der Waals surface area contributed by atoms with Crippen molar-refractivity contribution >= 4 is 23.7 Å². The fraction of sp³-hybridized carbons (Fsp3) is 0.778. The van der Waals surface area contributed by atoms with Gasteiger partial charge in [-0.05, 0) is 19.4 Å². The zero-order valence-electron chi connectivity index (χ0n) is 8.89. The van der Waals surface area contributed by atoms with Gasteiger partial charge in [0.25, 0.3) is 0 Å². The Morgan fingerprint density at radius 3 is 2.69 bits per heavy atom. The molecule has 0 aliphatic heterocycles. The maximum atomic E-state index is 11.4. The third-order valence-electron chi connectivity index (χ3n) is 1.85. The van der Waals surface area contributed by atoms with Crippen molar-refractivity contribution in [2.45, 2.75) is 31.5 Å². The van der Waals surface area contributed by atoms with E-state index in [-0.39, 0.29) is 5.88 Å². The van der Waals surface area contributed by atoms with E-state index < -0.39 is 18.2 Å². The number of isocyanates is 1. The van der Waals surface area contributed by atoms with Gasteiger partial charge in [0.15, 0.2) is 0 Å². The number of halogens is 1. The molecule has 16 heavy (non-hydrogen) atoms. The number of ether oxygens (including phenoxy) is 1. The van der Waals surface area contributed by atoms with Crippen LogP contribution in [0.15, 0.2) is 4.99 Å². The third-order valence-corrected chi connectivity index (χ3v) is 2.12. The van der Waals surface area contributed by atoms with Crippen LogP contribution < -0.4 is 11.5 Å².